The summed E-state index contributed by atoms with van der Waals surface area (Å²) in [6.07, 6.45) is 0. The Morgan fingerprint density at radius 1 is 1.05 bits per heavy atom. The Hall–Kier alpha value is -1.07. The molecule has 10 heteroatoms. The molecule has 1 aromatic carbocycles. The summed E-state index contributed by atoms with van der Waals surface area (Å²) in [5, 5.41) is 5.00. The van der Waals surface area contributed by atoms with Crippen LogP contribution in [-0.2, 0) is 20.2 Å². The van der Waals surface area contributed by atoms with Crippen molar-refractivity contribution in [3.05, 3.63) is 29.6 Å². The first-order valence-corrected chi connectivity index (χ1v) is 9.11. The number of nitrogens with two attached hydrogens (primary N) is 1. The molecule has 2 rings (SSSR count). The Bertz CT molecular complexity index is 741. The van der Waals surface area contributed by atoms with Crippen LogP contribution >= 0.6 is 0 Å². The number of piperazine rings is 1. The maximum absolute atomic E-state index is 13.3. The number of rotatable bonds is 3. The van der Waals surface area contributed by atoms with Gasteiger partial charge < -0.3 is 0 Å². The molecule has 1 heterocycles. The first-order valence-electron chi connectivity index (χ1n) is 6.16. The van der Waals surface area contributed by atoms with Gasteiger partial charge in [-0.1, -0.05) is 6.07 Å². The summed E-state index contributed by atoms with van der Waals surface area (Å²) in [4.78, 5) is -0.105. The largest absolute Gasteiger partial charge is 0.276 e. The Morgan fingerprint density at radius 2 is 1.57 bits per heavy atom. The van der Waals surface area contributed by atoms with Crippen molar-refractivity contribution in [1.82, 2.24) is 8.61 Å². The van der Waals surface area contributed by atoms with Crippen molar-refractivity contribution >= 4 is 20.2 Å². The van der Waals surface area contributed by atoms with E-state index in [4.69, 9.17) is 5.14 Å². The van der Waals surface area contributed by atoms with Gasteiger partial charge in [0.15, 0.2) is 0 Å². The lowest BCUT2D eigenvalue weighted by Crippen LogP contribution is -2.52. The van der Waals surface area contributed by atoms with E-state index in [1.54, 1.807) is 6.92 Å². The lowest BCUT2D eigenvalue weighted by atomic mass is 10.2. The monoisotopic (exact) mass is 337 g/mol. The third-order valence-electron chi connectivity index (χ3n) is 3.33. The molecule has 1 saturated heterocycles. The van der Waals surface area contributed by atoms with Crippen molar-refractivity contribution < 1.29 is 21.2 Å². The van der Waals surface area contributed by atoms with Gasteiger partial charge in [0.25, 0.3) is 10.2 Å². The normalized spacial score (nSPS) is 18.8. The van der Waals surface area contributed by atoms with E-state index in [9.17, 15) is 21.2 Å². The van der Waals surface area contributed by atoms with Crippen LogP contribution in [0.4, 0.5) is 4.39 Å². The van der Waals surface area contributed by atoms with Crippen LogP contribution in [0.25, 0.3) is 0 Å². The molecule has 1 aromatic rings. The lowest BCUT2D eigenvalue weighted by Gasteiger charge is -2.32. The third-order valence-corrected chi connectivity index (χ3v) is 6.45. The van der Waals surface area contributed by atoms with E-state index in [1.807, 2.05) is 0 Å². The van der Waals surface area contributed by atoms with Gasteiger partial charge in [-0.05, 0) is 24.6 Å². The van der Waals surface area contributed by atoms with Crippen LogP contribution in [-0.4, -0.2) is 51.6 Å². The molecule has 0 atom stereocenters. The molecule has 0 bridgehead atoms. The Labute approximate surface area is 123 Å². The van der Waals surface area contributed by atoms with Gasteiger partial charge in [-0.25, -0.2) is 17.9 Å². The fourth-order valence-corrected chi connectivity index (χ4v) is 4.49. The van der Waals surface area contributed by atoms with Gasteiger partial charge >= 0.3 is 0 Å². The highest BCUT2D eigenvalue weighted by molar-refractivity contribution is 7.89. The maximum Gasteiger partial charge on any atom is 0.276 e. The molecule has 2 N–H and O–H groups in total. The van der Waals surface area contributed by atoms with Gasteiger partial charge in [0.2, 0.25) is 10.0 Å². The van der Waals surface area contributed by atoms with E-state index < -0.39 is 26.0 Å². The molecule has 118 valence electrons. The van der Waals surface area contributed by atoms with Gasteiger partial charge in [-0.15, -0.1) is 0 Å². The van der Waals surface area contributed by atoms with E-state index in [0.29, 0.717) is 5.56 Å². The van der Waals surface area contributed by atoms with Crippen molar-refractivity contribution in [2.75, 3.05) is 26.2 Å². The van der Waals surface area contributed by atoms with Gasteiger partial charge in [0, 0.05) is 26.2 Å². The molecule has 0 spiro atoms. The SMILES string of the molecule is Cc1ccc(F)cc1S(=O)(=O)N1CCN(S(N)(=O)=O)CC1. The molecule has 0 amide bonds. The predicted octanol–water partition coefficient (Wildman–Crippen LogP) is -0.356. The zero-order valence-electron chi connectivity index (χ0n) is 11.4. The summed E-state index contributed by atoms with van der Waals surface area (Å²) >= 11 is 0. The second kappa shape index (κ2) is 5.61. The third kappa shape index (κ3) is 3.40. The Balaban J connectivity index is 2.25. The molecule has 1 fully saturated rings. The highest BCUT2D eigenvalue weighted by Crippen LogP contribution is 2.22. The highest BCUT2D eigenvalue weighted by atomic mass is 32.2. The number of nitrogens with zero attached hydrogens (tertiary/aromatic N) is 2. The van der Waals surface area contributed by atoms with Crippen LogP contribution in [0.3, 0.4) is 0 Å². The molecule has 0 radical (unpaired) electrons. The minimum absolute atomic E-state index is 0.0191. The van der Waals surface area contributed by atoms with Crippen LogP contribution in [0.2, 0.25) is 0 Å². The number of benzene rings is 1. The smallest absolute Gasteiger partial charge is 0.216 e. The number of sulfonamides is 1. The zero-order valence-corrected chi connectivity index (χ0v) is 13.0. The summed E-state index contributed by atoms with van der Waals surface area (Å²) in [7, 11) is -7.68. The van der Waals surface area contributed by atoms with Crippen LogP contribution in [0.15, 0.2) is 23.1 Å². The van der Waals surface area contributed by atoms with E-state index in [0.717, 1.165) is 14.7 Å². The van der Waals surface area contributed by atoms with Gasteiger partial charge in [-0.2, -0.15) is 17.0 Å². The molecule has 0 unspecified atom stereocenters. The van der Waals surface area contributed by atoms with Gasteiger partial charge in [0.1, 0.15) is 5.82 Å². The first kappa shape index (κ1) is 16.3. The topological polar surface area (TPSA) is 101 Å². The minimum atomic E-state index is -3.85. The molecule has 7 nitrogen and oxygen atoms in total. The average Bonchev–Trinajstić information content (AvgIpc) is 2.40. The van der Waals surface area contributed by atoms with Gasteiger partial charge in [-0.3, -0.25) is 0 Å². The van der Waals surface area contributed by atoms with Crippen LogP contribution in [0.5, 0.6) is 0 Å². The standard InChI is InChI=1S/C11H16FN3O4S2/c1-9-2-3-10(12)8-11(9)20(16,17)14-4-6-15(7-5-14)21(13,18)19/h2-3,8H,4-7H2,1H3,(H2,13,18,19). The Morgan fingerprint density at radius 3 is 2.10 bits per heavy atom. The molecule has 1 aliphatic heterocycles. The second-order valence-corrected chi connectivity index (χ2v) is 8.21. The van der Waals surface area contributed by atoms with E-state index in [2.05, 4.69) is 0 Å². The predicted molar refractivity (Wildman–Crippen MR) is 74.6 cm³/mol. The maximum atomic E-state index is 13.3. The number of hydrogen-bond donors (Lipinski definition) is 1. The van der Waals surface area contributed by atoms with E-state index >= 15 is 0 Å². The summed E-state index contributed by atoms with van der Waals surface area (Å²) in [6.45, 7) is 1.50. The van der Waals surface area contributed by atoms with Crippen molar-refractivity contribution in [1.29, 1.82) is 0 Å². The van der Waals surface area contributed by atoms with Crippen molar-refractivity contribution in [3.8, 4) is 0 Å². The first-order chi connectivity index (χ1) is 9.62. The van der Waals surface area contributed by atoms with Crippen molar-refractivity contribution in [3.63, 3.8) is 0 Å². The van der Waals surface area contributed by atoms with Crippen molar-refractivity contribution in [2.24, 2.45) is 5.14 Å². The zero-order chi connectivity index (χ0) is 15.8. The molecule has 0 aromatic heterocycles. The quantitative estimate of drug-likeness (QED) is 0.814. The number of hydrogen-bond acceptors (Lipinski definition) is 4. The minimum Gasteiger partial charge on any atom is -0.216 e. The summed E-state index contributed by atoms with van der Waals surface area (Å²) < 4.78 is 62.8. The highest BCUT2D eigenvalue weighted by Gasteiger charge is 2.32. The average molecular weight is 337 g/mol. The van der Waals surface area contributed by atoms with E-state index in [1.165, 1.54) is 12.1 Å². The molecular formula is C11H16FN3O4S2. The number of aryl methyl sites for hydroxylation is 1. The summed E-state index contributed by atoms with van der Waals surface area (Å²) in [5.41, 5.74) is 0.435. The summed E-state index contributed by atoms with van der Waals surface area (Å²) in [6, 6.07) is 3.55. The fraction of sp³-hybridized carbons (Fsp3) is 0.455. The number of halogens is 1. The molecule has 0 aliphatic carbocycles. The molecule has 1 aliphatic rings. The fourth-order valence-electron chi connectivity index (χ4n) is 2.16. The second-order valence-electron chi connectivity index (χ2n) is 4.76. The molecule has 21 heavy (non-hydrogen) atoms. The van der Waals surface area contributed by atoms with Crippen molar-refractivity contribution in [2.45, 2.75) is 11.8 Å². The van der Waals surface area contributed by atoms with Gasteiger partial charge in [0.05, 0.1) is 4.90 Å². The molecule has 0 saturated carbocycles. The molecular weight excluding hydrogens is 321 g/mol. The lowest BCUT2D eigenvalue weighted by molar-refractivity contribution is 0.273. The Kier molecular flexibility index (Phi) is 4.36. The summed E-state index contributed by atoms with van der Waals surface area (Å²) in [5.74, 6) is -0.637. The van der Waals surface area contributed by atoms with Crippen LogP contribution < -0.4 is 5.14 Å². The van der Waals surface area contributed by atoms with Crippen LogP contribution in [0.1, 0.15) is 5.56 Å². The van der Waals surface area contributed by atoms with Crippen LogP contribution in [0, 0.1) is 12.7 Å². The van der Waals surface area contributed by atoms with E-state index in [-0.39, 0.29) is 31.1 Å².